The zero-order valence-corrected chi connectivity index (χ0v) is 10.0. The standard InChI is InChI=1S/C13H16O4/c1-16-8-9-5-10(7-11(6-9)17-2)13(3-4-13)12(14)15/h5-7H,3-4,8H2,1-2H3,(H,14,15). The van der Waals surface area contributed by atoms with Crippen molar-refractivity contribution in [3.05, 3.63) is 29.3 Å². The van der Waals surface area contributed by atoms with Crippen LogP contribution in [0.25, 0.3) is 0 Å². The number of ether oxygens (including phenoxy) is 2. The zero-order chi connectivity index (χ0) is 12.5. The van der Waals surface area contributed by atoms with E-state index in [9.17, 15) is 9.90 Å². The van der Waals surface area contributed by atoms with Crippen molar-refractivity contribution in [2.75, 3.05) is 14.2 Å². The van der Waals surface area contributed by atoms with Gasteiger partial charge in [-0.3, -0.25) is 4.79 Å². The summed E-state index contributed by atoms with van der Waals surface area (Å²) in [4.78, 5) is 11.3. The molecule has 0 spiro atoms. The number of benzene rings is 1. The molecule has 0 bridgehead atoms. The molecule has 4 nitrogen and oxygen atoms in total. The van der Waals surface area contributed by atoms with Crippen molar-refractivity contribution in [3.63, 3.8) is 0 Å². The highest BCUT2D eigenvalue weighted by atomic mass is 16.5. The van der Waals surface area contributed by atoms with Crippen molar-refractivity contribution in [1.29, 1.82) is 0 Å². The van der Waals surface area contributed by atoms with Gasteiger partial charge in [-0.05, 0) is 36.1 Å². The summed E-state index contributed by atoms with van der Waals surface area (Å²) >= 11 is 0. The van der Waals surface area contributed by atoms with E-state index in [1.54, 1.807) is 20.3 Å². The fraction of sp³-hybridized carbons (Fsp3) is 0.462. The number of hydrogen-bond donors (Lipinski definition) is 1. The highest BCUT2D eigenvalue weighted by molar-refractivity contribution is 5.85. The Bertz CT molecular complexity index is 435. The van der Waals surface area contributed by atoms with Gasteiger partial charge >= 0.3 is 5.97 Å². The number of rotatable bonds is 5. The third kappa shape index (κ3) is 2.13. The Kier molecular flexibility index (Phi) is 3.07. The van der Waals surface area contributed by atoms with Gasteiger partial charge in [0.25, 0.3) is 0 Å². The van der Waals surface area contributed by atoms with Crippen LogP contribution < -0.4 is 4.74 Å². The van der Waals surface area contributed by atoms with Crippen LogP contribution in [0.15, 0.2) is 18.2 Å². The lowest BCUT2D eigenvalue weighted by molar-refractivity contribution is -0.140. The molecule has 92 valence electrons. The van der Waals surface area contributed by atoms with Gasteiger partial charge in [0.2, 0.25) is 0 Å². The van der Waals surface area contributed by atoms with Gasteiger partial charge in [-0.25, -0.2) is 0 Å². The molecular weight excluding hydrogens is 220 g/mol. The highest BCUT2D eigenvalue weighted by Gasteiger charge is 2.52. The fourth-order valence-electron chi connectivity index (χ4n) is 2.06. The minimum absolute atomic E-state index is 0.458. The summed E-state index contributed by atoms with van der Waals surface area (Å²) in [5.74, 6) is -0.0730. The van der Waals surface area contributed by atoms with E-state index in [4.69, 9.17) is 9.47 Å². The Hall–Kier alpha value is -1.55. The monoisotopic (exact) mass is 236 g/mol. The third-order valence-corrected chi connectivity index (χ3v) is 3.22. The normalized spacial score (nSPS) is 16.6. The predicted molar refractivity (Wildman–Crippen MR) is 62.3 cm³/mol. The van der Waals surface area contributed by atoms with E-state index in [0.29, 0.717) is 25.2 Å². The molecule has 0 amide bonds. The maximum atomic E-state index is 11.3. The molecule has 0 saturated heterocycles. The first-order valence-corrected chi connectivity index (χ1v) is 5.53. The summed E-state index contributed by atoms with van der Waals surface area (Å²) in [6.45, 7) is 0.458. The molecular formula is C13H16O4. The van der Waals surface area contributed by atoms with Crippen LogP contribution in [0.5, 0.6) is 5.75 Å². The SMILES string of the molecule is COCc1cc(OC)cc(C2(C(=O)O)CC2)c1. The smallest absolute Gasteiger partial charge is 0.314 e. The van der Waals surface area contributed by atoms with E-state index in [-0.39, 0.29) is 0 Å². The van der Waals surface area contributed by atoms with Gasteiger partial charge < -0.3 is 14.6 Å². The number of carboxylic acid groups (broad SMARTS) is 1. The van der Waals surface area contributed by atoms with E-state index < -0.39 is 11.4 Å². The van der Waals surface area contributed by atoms with Crippen LogP contribution in [0.2, 0.25) is 0 Å². The maximum absolute atomic E-state index is 11.3. The van der Waals surface area contributed by atoms with E-state index >= 15 is 0 Å². The fourth-order valence-corrected chi connectivity index (χ4v) is 2.06. The lowest BCUT2D eigenvalue weighted by atomic mass is 9.94. The van der Waals surface area contributed by atoms with E-state index in [1.165, 1.54) is 0 Å². The lowest BCUT2D eigenvalue weighted by Crippen LogP contribution is -2.19. The zero-order valence-electron chi connectivity index (χ0n) is 10.0. The minimum atomic E-state index is -0.755. The molecule has 1 aromatic carbocycles. The van der Waals surface area contributed by atoms with Crippen LogP contribution in [-0.2, 0) is 21.6 Å². The van der Waals surface area contributed by atoms with Gasteiger partial charge in [-0.1, -0.05) is 6.07 Å². The first-order valence-electron chi connectivity index (χ1n) is 5.53. The second-order valence-electron chi connectivity index (χ2n) is 4.39. The van der Waals surface area contributed by atoms with E-state index in [1.807, 2.05) is 12.1 Å². The first-order chi connectivity index (χ1) is 8.12. The summed E-state index contributed by atoms with van der Waals surface area (Å²) in [6, 6.07) is 5.57. The molecule has 0 atom stereocenters. The molecule has 1 aromatic rings. The van der Waals surface area contributed by atoms with E-state index in [0.717, 1.165) is 11.1 Å². The Balaban J connectivity index is 2.40. The highest BCUT2D eigenvalue weighted by Crippen LogP contribution is 2.49. The summed E-state index contributed by atoms with van der Waals surface area (Å²) in [5.41, 5.74) is 1.06. The summed E-state index contributed by atoms with van der Waals surface area (Å²) in [7, 11) is 3.19. The number of aliphatic carboxylic acids is 1. The quantitative estimate of drug-likeness (QED) is 0.849. The Labute approximate surface area is 100 Å². The molecule has 2 rings (SSSR count). The number of methoxy groups -OCH3 is 2. The molecule has 0 unspecified atom stereocenters. The second kappa shape index (κ2) is 4.37. The van der Waals surface area contributed by atoms with Crippen molar-refractivity contribution in [3.8, 4) is 5.75 Å². The molecule has 1 saturated carbocycles. The average Bonchev–Trinajstić information content (AvgIpc) is 3.10. The van der Waals surface area contributed by atoms with Gasteiger partial charge in [0.1, 0.15) is 5.75 Å². The van der Waals surface area contributed by atoms with Gasteiger partial charge in [0.15, 0.2) is 0 Å². The molecule has 4 heteroatoms. The molecule has 0 radical (unpaired) electrons. The van der Waals surface area contributed by atoms with Crippen LogP contribution in [0.3, 0.4) is 0 Å². The van der Waals surface area contributed by atoms with Gasteiger partial charge in [0, 0.05) is 7.11 Å². The Morgan fingerprint density at radius 3 is 2.53 bits per heavy atom. The van der Waals surface area contributed by atoms with Crippen molar-refractivity contribution in [2.24, 2.45) is 0 Å². The summed E-state index contributed by atoms with van der Waals surface area (Å²) < 4.78 is 10.3. The first kappa shape index (κ1) is 11.9. The predicted octanol–water partition coefficient (Wildman–Crippen LogP) is 1.96. The summed E-state index contributed by atoms with van der Waals surface area (Å²) in [5, 5.41) is 9.27. The summed E-state index contributed by atoms with van der Waals surface area (Å²) in [6.07, 6.45) is 1.39. The van der Waals surface area contributed by atoms with Crippen LogP contribution in [0, 0.1) is 0 Å². The van der Waals surface area contributed by atoms with Crippen molar-refractivity contribution in [1.82, 2.24) is 0 Å². The van der Waals surface area contributed by atoms with Crippen molar-refractivity contribution in [2.45, 2.75) is 24.9 Å². The second-order valence-corrected chi connectivity index (χ2v) is 4.39. The topological polar surface area (TPSA) is 55.8 Å². The molecule has 0 heterocycles. The average molecular weight is 236 g/mol. The van der Waals surface area contributed by atoms with Gasteiger partial charge in [-0.2, -0.15) is 0 Å². The van der Waals surface area contributed by atoms with Crippen molar-refractivity contribution < 1.29 is 19.4 Å². The molecule has 1 aliphatic carbocycles. The van der Waals surface area contributed by atoms with Crippen LogP contribution in [0.4, 0.5) is 0 Å². The number of carboxylic acids is 1. The van der Waals surface area contributed by atoms with Gasteiger partial charge in [0.05, 0.1) is 19.1 Å². The Morgan fingerprint density at radius 2 is 2.06 bits per heavy atom. The lowest BCUT2D eigenvalue weighted by Gasteiger charge is -2.14. The molecule has 17 heavy (non-hydrogen) atoms. The van der Waals surface area contributed by atoms with E-state index in [2.05, 4.69) is 0 Å². The number of carbonyl (C=O) groups is 1. The molecule has 1 fully saturated rings. The third-order valence-electron chi connectivity index (χ3n) is 3.22. The molecule has 1 N–H and O–H groups in total. The number of hydrogen-bond acceptors (Lipinski definition) is 3. The van der Waals surface area contributed by atoms with Crippen LogP contribution in [-0.4, -0.2) is 25.3 Å². The van der Waals surface area contributed by atoms with Crippen LogP contribution >= 0.6 is 0 Å². The minimum Gasteiger partial charge on any atom is -0.497 e. The largest absolute Gasteiger partial charge is 0.497 e. The molecule has 0 aliphatic heterocycles. The maximum Gasteiger partial charge on any atom is 0.314 e. The van der Waals surface area contributed by atoms with Gasteiger partial charge in [-0.15, -0.1) is 0 Å². The molecule has 1 aliphatic rings. The van der Waals surface area contributed by atoms with Crippen LogP contribution in [0.1, 0.15) is 24.0 Å². The molecule has 0 aromatic heterocycles. The van der Waals surface area contributed by atoms with Crippen molar-refractivity contribution >= 4 is 5.97 Å². The Morgan fingerprint density at radius 1 is 1.35 bits per heavy atom.